The summed E-state index contributed by atoms with van der Waals surface area (Å²) in [6, 6.07) is 7.84. The average molecular weight is 286 g/mol. The summed E-state index contributed by atoms with van der Waals surface area (Å²) in [5, 5.41) is 0. The van der Waals surface area contributed by atoms with Gasteiger partial charge in [0.05, 0.1) is 11.0 Å². The number of piperidine rings is 1. The van der Waals surface area contributed by atoms with Crippen molar-refractivity contribution in [3.05, 3.63) is 40.3 Å². The zero-order valence-corrected chi connectivity index (χ0v) is 12.4. The molecular weight excluding hydrogens is 264 g/mol. The molecule has 0 bridgehead atoms. The van der Waals surface area contributed by atoms with Crippen molar-refractivity contribution in [3.63, 3.8) is 0 Å². The number of aromatic amines is 1. The van der Waals surface area contributed by atoms with E-state index in [1.54, 1.807) is 0 Å². The Kier molecular flexibility index (Phi) is 4.03. The first-order chi connectivity index (χ1) is 10.1. The molecular formula is C16H22N4O. The molecule has 1 aromatic heterocycles. The van der Waals surface area contributed by atoms with Gasteiger partial charge in [0.25, 0.3) is 5.56 Å². The number of rotatable bonds is 3. The number of nitrogens with zero attached hydrogens (tertiary/aromatic N) is 2. The van der Waals surface area contributed by atoms with Gasteiger partial charge in [-0.15, -0.1) is 0 Å². The van der Waals surface area contributed by atoms with Crippen molar-refractivity contribution in [2.75, 3.05) is 13.1 Å². The normalized spacial score (nSPS) is 21.5. The van der Waals surface area contributed by atoms with Gasteiger partial charge in [0.2, 0.25) is 0 Å². The lowest BCUT2D eigenvalue weighted by atomic mass is 9.92. The predicted octanol–water partition coefficient (Wildman–Crippen LogP) is 1.48. The predicted molar refractivity (Wildman–Crippen MR) is 84.0 cm³/mol. The fourth-order valence-electron chi connectivity index (χ4n) is 3.05. The minimum Gasteiger partial charge on any atom is -0.328 e. The minimum absolute atomic E-state index is 0.0865. The van der Waals surface area contributed by atoms with E-state index >= 15 is 0 Å². The molecule has 1 saturated heterocycles. The van der Waals surface area contributed by atoms with Gasteiger partial charge >= 0.3 is 0 Å². The molecule has 112 valence electrons. The first-order valence-electron chi connectivity index (χ1n) is 7.59. The molecule has 1 fully saturated rings. The largest absolute Gasteiger partial charge is 0.328 e. The molecule has 2 aromatic rings. The van der Waals surface area contributed by atoms with Crippen LogP contribution in [0, 0.1) is 5.92 Å². The molecule has 2 heterocycles. The smallest absolute Gasteiger partial charge is 0.271 e. The molecule has 0 spiro atoms. The summed E-state index contributed by atoms with van der Waals surface area (Å²) in [5.74, 6) is 0.512. The Labute approximate surface area is 124 Å². The van der Waals surface area contributed by atoms with Crippen LogP contribution in [0.2, 0.25) is 0 Å². The number of H-pyrrole nitrogens is 1. The lowest BCUT2D eigenvalue weighted by Gasteiger charge is -2.34. The van der Waals surface area contributed by atoms with Gasteiger partial charge in [-0.25, -0.2) is 4.98 Å². The minimum atomic E-state index is -0.0865. The Hall–Kier alpha value is -1.72. The van der Waals surface area contributed by atoms with Crippen LogP contribution in [0.1, 0.15) is 25.5 Å². The summed E-state index contributed by atoms with van der Waals surface area (Å²) < 4.78 is 0. The van der Waals surface area contributed by atoms with Crippen molar-refractivity contribution in [1.82, 2.24) is 14.9 Å². The highest BCUT2D eigenvalue weighted by Gasteiger charge is 2.23. The van der Waals surface area contributed by atoms with Gasteiger partial charge < -0.3 is 10.7 Å². The van der Waals surface area contributed by atoms with Crippen LogP contribution in [0.4, 0.5) is 0 Å². The zero-order valence-electron chi connectivity index (χ0n) is 12.4. The highest BCUT2D eigenvalue weighted by molar-refractivity contribution is 5.73. The van der Waals surface area contributed by atoms with Crippen LogP contribution < -0.4 is 11.3 Å². The number of nitrogens with two attached hydrogens (primary N) is 1. The summed E-state index contributed by atoms with van der Waals surface area (Å²) in [6.45, 7) is 4.63. The SMILES string of the molecule is CC(N)C1CCCN(Cc2nc3ccccc3[nH]c2=O)C1. The van der Waals surface area contributed by atoms with Gasteiger partial charge in [0.15, 0.2) is 0 Å². The van der Waals surface area contributed by atoms with E-state index < -0.39 is 0 Å². The van der Waals surface area contributed by atoms with E-state index in [0.717, 1.165) is 30.5 Å². The standard InChI is InChI=1S/C16H22N4O/c1-11(17)12-5-4-8-20(9-12)10-15-16(21)19-14-7-3-2-6-13(14)18-15/h2-3,6-7,11-12H,4-5,8-10,17H2,1H3,(H,19,21). The maximum Gasteiger partial charge on any atom is 0.271 e. The van der Waals surface area contributed by atoms with Crippen LogP contribution in [0.3, 0.4) is 0 Å². The Balaban J connectivity index is 1.81. The average Bonchev–Trinajstić information content (AvgIpc) is 2.48. The van der Waals surface area contributed by atoms with Crippen molar-refractivity contribution in [3.8, 4) is 0 Å². The summed E-state index contributed by atoms with van der Waals surface area (Å²) in [5.41, 5.74) is 8.16. The lowest BCUT2D eigenvalue weighted by Crippen LogP contribution is -2.42. The molecule has 0 saturated carbocycles. The Bertz CT molecular complexity index is 679. The molecule has 1 aliphatic heterocycles. The monoisotopic (exact) mass is 286 g/mol. The molecule has 0 aliphatic carbocycles. The van der Waals surface area contributed by atoms with E-state index in [0.29, 0.717) is 18.2 Å². The number of benzene rings is 1. The Morgan fingerprint density at radius 1 is 1.48 bits per heavy atom. The highest BCUT2D eigenvalue weighted by atomic mass is 16.1. The van der Waals surface area contributed by atoms with Gasteiger partial charge in [0, 0.05) is 19.1 Å². The number of hydrogen-bond acceptors (Lipinski definition) is 4. The number of nitrogens with one attached hydrogen (secondary N) is 1. The zero-order chi connectivity index (χ0) is 14.8. The van der Waals surface area contributed by atoms with Gasteiger partial charge in [-0.2, -0.15) is 0 Å². The molecule has 1 aliphatic rings. The van der Waals surface area contributed by atoms with Crippen molar-refractivity contribution in [2.24, 2.45) is 11.7 Å². The molecule has 2 unspecified atom stereocenters. The molecule has 1 aromatic carbocycles. The Morgan fingerprint density at radius 2 is 2.29 bits per heavy atom. The molecule has 0 radical (unpaired) electrons. The van der Waals surface area contributed by atoms with Gasteiger partial charge in [-0.1, -0.05) is 12.1 Å². The first kappa shape index (κ1) is 14.2. The van der Waals surface area contributed by atoms with Crippen LogP contribution in [0.5, 0.6) is 0 Å². The topological polar surface area (TPSA) is 75.0 Å². The van der Waals surface area contributed by atoms with Gasteiger partial charge in [0.1, 0.15) is 5.69 Å². The molecule has 5 heteroatoms. The summed E-state index contributed by atoms with van der Waals surface area (Å²) in [6.07, 6.45) is 2.31. The van der Waals surface area contributed by atoms with E-state index in [-0.39, 0.29) is 11.6 Å². The quantitative estimate of drug-likeness (QED) is 0.896. The third-order valence-electron chi connectivity index (χ3n) is 4.33. The van der Waals surface area contributed by atoms with Crippen LogP contribution >= 0.6 is 0 Å². The second-order valence-electron chi connectivity index (χ2n) is 6.03. The molecule has 21 heavy (non-hydrogen) atoms. The van der Waals surface area contributed by atoms with E-state index in [2.05, 4.69) is 21.8 Å². The molecule has 2 atom stereocenters. The number of aromatic nitrogens is 2. The highest BCUT2D eigenvalue weighted by Crippen LogP contribution is 2.19. The van der Waals surface area contributed by atoms with E-state index in [1.807, 2.05) is 24.3 Å². The van der Waals surface area contributed by atoms with Crippen LogP contribution in [0.25, 0.3) is 11.0 Å². The molecule has 3 rings (SSSR count). The maximum atomic E-state index is 12.2. The summed E-state index contributed by atoms with van der Waals surface area (Å²) in [7, 11) is 0. The molecule has 3 N–H and O–H groups in total. The Morgan fingerprint density at radius 3 is 3.10 bits per heavy atom. The fraction of sp³-hybridized carbons (Fsp3) is 0.500. The first-order valence-corrected chi connectivity index (χ1v) is 7.59. The number of para-hydroxylation sites is 2. The van der Waals surface area contributed by atoms with Crippen LogP contribution in [0.15, 0.2) is 29.1 Å². The van der Waals surface area contributed by atoms with E-state index in [9.17, 15) is 4.79 Å². The van der Waals surface area contributed by atoms with Gasteiger partial charge in [-0.05, 0) is 44.4 Å². The van der Waals surface area contributed by atoms with Crippen LogP contribution in [-0.4, -0.2) is 34.0 Å². The van der Waals surface area contributed by atoms with Crippen molar-refractivity contribution in [2.45, 2.75) is 32.4 Å². The maximum absolute atomic E-state index is 12.2. The third-order valence-corrected chi connectivity index (χ3v) is 4.33. The van der Waals surface area contributed by atoms with Crippen molar-refractivity contribution in [1.29, 1.82) is 0 Å². The van der Waals surface area contributed by atoms with Crippen molar-refractivity contribution >= 4 is 11.0 Å². The summed E-state index contributed by atoms with van der Waals surface area (Å²) in [4.78, 5) is 21.9. The fourth-order valence-corrected chi connectivity index (χ4v) is 3.05. The molecule has 5 nitrogen and oxygen atoms in total. The van der Waals surface area contributed by atoms with E-state index in [1.165, 1.54) is 6.42 Å². The number of likely N-dealkylation sites (tertiary alicyclic amines) is 1. The van der Waals surface area contributed by atoms with Crippen LogP contribution in [-0.2, 0) is 6.54 Å². The lowest BCUT2D eigenvalue weighted by molar-refractivity contribution is 0.152. The molecule has 0 amide bonds. The third kappa shape index (κ3) is 3.14. The van der Waals surface area contributed by atoms with Gasteiger partial charge in [-0.3, -0.25) is 9.69 Å². The van der Waals surface area contributed by atoms with E-state index in [4.69, 9.17) is 5.73 Å². The summed E-state index contributed by atoms with van der Waals surface area (Å²) >= 11 is 0. The van der Waals surface area contributed by atoms with Crippen molar-refractivity contribution < 1.29 is 0 Å². The second-order valence-corrected chi connectivity index (χ2v) is 6.03. The second kappa shape index (κ2) is 5.95. The number of fused-ring (bicyclic) bond motifs is 1. The number of hydrogen-bond donors (Lipinski definition) is 2.